The fourth-order valence-corrected chi connectivity index (χ4v) is 2.75. The molecule has 0 radical (unpaired) electrons. The molecule has 0 fully saturated rings. The van der Waals surface area contributed by atoms with Crippen LogP contribution in [0.1, 0.15) is 53.8 Å². The van der Waals surface area contributed by atoms with Gasteiger partial charge in [-0.05, 0) is 43.0 Å². The van der Waals surface area contributed by atoms with Gasteiger partial charge in [-0.1, -0.05) is 37.6 Å². The first kappa shape index (κ1) is 15.5. The van der Waals surface area contributed by atoms with E-state index in [0.717, 1.165) is 22.4 Å². The maximum atomic E-state index is 12.6. The van der Waals surface area contributed by atoms with Crippen molar-refractivity contribution >= 4 is 0 Å². The smallest absolute Gasteiger partial charge is 0.255 e. The number of hydrogen-bond acceptors (Lipinski definition) is 2. The van der Waals surface area contributed by atoms with Crippen molar-refractivity contribution < 1.29 is 0 Å². The quantitative estimate of drug-likeness (QED) is 0.941. The first-order chi connectivity index (χ1) is 9.82. The van der Waals surface area contributed by atoms with Crippen LogP contribution in [0.2, 0.25) is 0 Å². The normalized spacial score (nSPS) is 12.7. The molecule has 0 saturated carbocycles. The van der Waals surface area contributed by atoms with Gasteiger partial charge in [-0.25, -0.2) is 0 Å². The van der Waals surface area contributed by atoms with E-state index in [1.165, 1.54) is 0 Å². The minimum atomic E-state index is -0.384. The maximum Gasteiger partial charge on any atom is 0.255 e. The molecule has 0 bridgehead atoms. The van der Waals surface area contributed by atoms with Crippen molar-refractivity contribution in [2.24, 2.45) is 12.8 Å². The summed E-state index contributed by atoms with van der Waals surface area (Å²) in [6.07, 6.45) is 0. The molecule has 0 spiro atoms. The number of hydrogen-bond donors (Lipinski definition) is 1. The van der Waals surface area contributed by atoms with Gasteiger partial charge in [0.1, 0.15) is 0 Å². The van der Waals surface area contributed by atoms with Gasteiger partial charge in [0, 0.05) is 18.3 Å². The van der Waals surface area contributed by atoms with E-state index in [4.69, 9.17) is 5.73 Å². The number of pyridine rings is 1. The summed E-state index contributed by atoms with van der Waals surface area (Å²) in [5.41, 5.74) is 11.3. The standard InChI is InChI=1S/C18H24N2O/c1-11(2)16-9-8-14(18(21)20(16)5)17(19)15-10-12(3)6-7-13(15)4/h6-11,17H,19H2,1-5H3. The van der Waals surface area contributed by atoms with E-state index < -0.39 is 0 Å². The molecular weight excluding hydrogens is 260 g/mol. The van der Waals surface area contributed by atoms with Gasteiger partial charge >= 0.3 is 0 Å². The zero-order valence-electron chi connectivity index (χ0n) is 13.5. The predicted octanol–water partition coefficient (Wildman–Crippen LogP) is 3.17. The SMILES string of the molecule is Cc1ccc(C)c(C(N)c2ccc(C(C)C)n(C)c2=O)c1. The summed E-state index contributed by atoms with van der Waals surface area (Å²) in [7, 11) is 1.82. The van der Waals surface area contributed by atoms with Gasteiger partial charge in [0.05, 0.1) is 6.04 Å². The molecule has 0 aliphatic heterocycles. The second kappa shape index (κ2) is 5.86. The van der Waals surface area contributed by atoms with Crippen molar-refractivity contribution in [3.63, 3.8) is 0 Å². The van der Waals surface area contributed by atoms with Gasteiger partial charge in [0.25, 0.3) is 5.56 Å². The average molecular weight is 284 g/mol. The molecule has 0 saturated heterocycles. The highest BCUT2D eigenvalue weighted by Crippen LogP contribution is 2.23. The van der Waals surface area contributed by atoms with E-state index in [-0.39, 0.29) is 11.6 Å². The Bertz CT molecular complexity index is 714. The van der Waals surface area contributed by atoms with Crippen LogP contribution in [-0.4, -0.2) is 4.57 Å². The molecule has 3 heteroatoms. The van der Waals surface area contributed by atoms with E-state index >= 15 is 0 Å². The number of aromatic nitrogens is 1. The Morgan fingerprint density at radius 2 is 1.71 bits per heavy atom. The molecular formula is C18H24N2O. The van der Waals surface area contributed by atoms with Crippen molar-refractivity contribution in [3.8, 4) is 0 Å². The number of benzene rings is 1. The van der Waals surface area contributed by atoms with Crippen LogP contribution in [0.5, 0.6) is 0 Å². The average Bonchev–Trinajstić information content (AvgIpc) is 2.43. The molecule has 0 aliphatic rings. The molecule has 2 N–H and O–H groups in total. The fourth-order valence-electron chi connectivity index (χ4n) is 2.75. The van der Waals surface area contributed by atoms with Crippen LogP contribution in [0.25, 0.3) is 0 Å². The molecule has 3 nitrogen and oxygen atoms in total. The topological polar surface area (TPSA) is 48.0 Å². The lowest BCUT2D eigenvalue weighted by Gasteiger charge is -2.18. The van der Waals surface area contributed by atoms with Gasteiger partial charge in [0.15, 0.2) is 0 Å². The third-order valence-electron chi connectivity index (χ3n) is 4.07. The Kier molecular flexibility index (Phi) is 4.33. The number of aryl methyl sites for hydroxylation is 2. The summed E-state index contributed by atoms with van der Waals surface area (Å²) in [6.45, 7) is 8.23. The summed E-state index contributed by atoms with van der Waals surface area (Å²) >= 11 is 0. The third-order valence-corrected chi connectivity index (χ3v) is 4.07. The second-order valence-electron chi connectivity index (χ2n) is 6.07. The third kappa shape index (κ3) is 2.93. The van der Waals surface area contributed by atoms with Crippen LogP contribution in [-0.2, 0) is 7.05 Å². The van der Waals surface area contributed by atoms with Crippen LogP contribution in [0, 0.1) is 13.8 Å². The molecule has 1 atom stereocenters. The zero-order valence-corrected chi connectivity index (χ0v) is 13.5. The summed E-state index contributed by atoms with van der Waals surface area (Å²) in [4.78, 5) is 12.6. The van der Waals surface area contributed by atoms with Crippen molar-refractivity contribution in [1.29, 1.82) is 0 Å². The Hall–Kier alpha value is -1.87. The summed E-state index contributed by atoms with van der Waals surface area (Å²) in [5.74, 6) is 0.314. The van der Waals surface area contributed by atoms with Crippen LogP contribution in [0.4, 0.5) is 0 Å². The van der Waals surface area contributed by atoms with Crippen LogP contribution in [0.15, 0.2) is 35.1 Å². The number of nitrogens with two attached hydrogens (primary N) is 1. The molecule has 21 heavy (non-hydrogen) atoms. The second-order valence-corrected chi connectivity index (χ2v) is 6.07. The lowest BCUT2D eigenvalue weighted by atomic mass is 9.94. The molecule has 0 aliphatic carbocycles. The highest BCUT2D eigenvalue weighted by molar-refractivity contribution is 5.38. The minimum Gasteiger partial charge on any atom is -0.320 e. The monoisotopic (exact) mass is 284 g/mol. The summed E-state index contributed by atoms with van der Waals surface area (Å²) < 4.78 is 1.71. The van der Waals surface area contributed by atoms with Gasteiger partial charge < -0.3 is 10.3 Å². The highest BCUT2D eigenvalue weighted by atomic mass is 16.1. The molecule has 1 aromatic carbocycles. The minimum absolute atomic E-state index is 0.00499. The van der Waals surface area contributed by atoms with Crippen LogP contribution < -0.4 is 11.3 Å². The largest absolute Gasteiger partial charge is 0.320 e. The molecule has 112 valence electrons. The Morgan fingerprint density at radius 3 is 2.33 bits per heavy atom. The van der Waals surface area contributed by atoms with Gasteiger partial charge in [-0.2, -0.15) is 0 Å². The van der Waals surface area contributed by atoms with E-state index in [9.17, 15) is 4.79 Å². The molecule has 1 heterocycles. The number of nitrogens with zero attached hydrogens (tertiary/aromatic N) is 1. The van der Waals surface area contributed by atoms with E-state index in [2.05, 4.69) is 32.0 Å². The van der Waals surface area contributed by atoms with Crippen molar-refractivity contribution in [1.82, 2.24) is 4.57 Å². The van der Waals surface area contributed by atoms with Gasteiger partial charge in [-0.3, -0.25) is 4.79 Å². The summed E-state index contributed by atoms with van der Waals surface area (Å²) in [6, 6.07) is 9.68. The molecule has 1 unspecified atom stereocenters. The first-order valence-electron chi connectivity index (χ1n) is 7.35. The van der Waals surface area contributed by atoms with Crippen molar-refractivity contribution in [2.75, 3.05) is 0 Å². The van der Waals surface area contributed by atoms with Crippen LogP contribution in [0.3, 0.4) is 0 Å². The van der Waals surface area contributed by atoms with E-state index in [0.29, 0.717) is 11.5 Å². The summed E-state index contributed by atoms with van der Waals surface area (Å²) in [5, 5.41) is 0. The lowest BCUT2D eigenvalue weighted by molar-refractivity contribution is 0.687. The Balaban J connectivity index is 2.54. The molecule has 0 amide bonds. The molecule has 2 aromatic rings. The number of rotatable bonds is 3. The maximum absolute atomic E-state index is 12.6. The fraction of sp³-hybridized carbons (Fsp3) is 0.389. The van der Waals surface area contributed by atoms with E-state index in [1.54, 1.807) is 4.57 Å². The Morgan fingerprint density at radius 1 is 1.05 bits per heavy atom. The van der Waals surface area contributed by atoms with Crippen molar-refractivity contribution in [2.45, 2.75) is 39.7 Å². The van der Waals surface area contributed by atoms with E-state index in [1.807, 2.05) is 33.0 Å². The molecule has 2 rings (SSSR count). The first-order valence-corrected chi connectivity index (χ1v) is 7.35. The Labute approximate surface area is 126 Å². The van der Waals surface area contributed by atoms with Crippen LogP contribution >= 0.6 is 0 Å². The lowest BCUT2D eigenvalue weighted by Crippen LogP contribution is -2.29. The van der Waals surface area contributed by atoms with Gasteiger partial charge in [-0.15, -0.1) is 0 Å². The zero-order chi connectivity index (χ0) is 15.7. The van der Waals surface area contributed by atoms with Gasteiger partial charge in [0.2, 0.25) is 0 Å². The molecule has 1 aromatic heterocycles. The predicted molar refractivity (Wildman–Crippen MR) is 87.7 cm³/mol. The van der Waals surface area contributed by atoms with Crippen molar-refractivity contribution in [3.05, 3.63) is 68.6 Å². The highest BCUT2D eigenvalue weighted by Gasteiger charge is 2.17.